The van der Waals surface area contributed by atoms with Gasteiger partial charge in [0.05, 0.1) is 29.9 Å². The molecule has 8 heteroatoms. The molecular formula is C18H31N5O2S. The number of nitrogens with zero attached hydrogens (tertiary/aromatic N) is 2. The van der Waals surface area contributed by atoms with Crippen molar-refractivity contribution >= 4 is 23.4 Å². The molecule has 26 heavy (non-hydrogen) atoms. The van der Waals surface area contributed by atoms with Gasteiger partial charge in [-0.15, -0.1) is 11.3 Å². The van der Waals surface area contributed by atoms with Gasteiger partial charge < -0.3 is 20.7 Å². The van der Waals surface area contributed by atoms with Crippen molar-refractivity contribution in [1.29, 1.82) is 0 Å². The zero-order valence-corrected chi connectivity index (χ0v) is 17.0. The van der Waals surface area contributed by atoms with Gasteiger partial charge in [0.15, 0.2) is 5.96 Å². The number of amides is 1. The van der Waals surface area contributed by atoms with Gasteiger partial charge in [0.2, 0.25) is 0 Å². The van der Waals surface area contributed by atoms with Crippen LogP contribution in [0.15, 0.2) is 4.99 Å². The Kier molecular flexibility index (Phi) is 8.15. The molecule has 3 N–H and O–H groups in total. The Morgan fingerprint density at radius 2 is 2.12 bits per heavy atom. The Labute approximate surface area is 160 Å². The smallest absolute Gasteiger partial charge is 0.407 e. The number of aryl methyl sites for hydroxylation is 2. The first-order chi connectivity index (χ1) is 12.5. The van der Waals surface area contributed by atoms with E-state index in [4.69, 9.17) is 4.74 Å². The van der Waals surface area contributed by atoms with Crippen LogP contribution in [-0.4, -0.2) is 49.3 Å². The summed E-state index contributed by atoms with van der Waals surface area (Å²) in [5.41, 5.74) is 1.11. The minimum atomic E-state index is -0.355. The Morgan fingerprint density at radius 3 is 2.69 bits per heavy atom. The van der Waals surface area contributed by atoms with Crippen LogP contribution in [0, 0.1) is 19.8 Å². The topological polar surface area (TPSA) is 87.6 Å². The molecule has 146 valence electrons. The number of carbonyl (C=O) groups is 1. The number of aromatic nitrogens is 1. The Bertz CT molecular complexity index is 593. The molecule has 1 aromatic rings. The second-order valence-corrected chi connectivity index (χ2v) is 7.74. The van der Waals surface area contributed by atoms with E-state index in [0.717, 1.165) is 49.0 Å². The molecule has 1 fully saturated rings. The molecule has 1 atom stereocenters. The Balaban J connectivity index is 1.84. The van der Waals surface area contributed by atoms with Gasteiger partial charge in [-0.05, 0) is 46.5 Å². The zero-order chi connectivity index (χ0) is 18.9. The van der Waals surface area contributed by atoms with E-state index in [1.807, 2.05) is 20.8 Å². The molecule has 0 saturated heterocycles. The molecule has 1 amide bonds. The van der Waals surface area contributed by atoms with Crippen molar-refractivity contribution in [2.75, 3.05) is 26.2 Å². The molecule has 0 bridgehead atoms. The third-order valence-electron chi connectivity index (χ3n) is 4.26. The molecule has 1 saturated carbocycles. The van der Waals surface area contributed by atoms with Gasteiger partial charge in [-0.2, -0.15) is 0 Å². The molecule has 1 aromatic heterocycles. The predicted octanol–water partition coefficient (Wildman–Crippen LogP) is 2.38. The van der Waals surface area contributed by atoms with Crippen LogP contribution in [0.3, 0.4) is 0 Å². The highest BCUT2D eigenvalue weighted by atomic mass is 32.1. The summed E-state index contributed by atoms with van der Waals surface area (Å²) in [5.74, 6) is 1.28. The largest absolute Gasteiger partial charge is 0.450 e. The lowest BCUT2D eigenvalue weighted by Gasteiger charge is -2.17. The molecule has 0 spiro atoms. The first-order valence-electron chi connectivity index (χ1n) is 9.41. The number of alkyl carbamates (subject to hydrolysis) is 1. The quantitative estimate of drug-likeness (QED) is 0.452. The van der Waals surface area contributed by atoms with Crippen LogP contribution < -0.4 is 16.0 Å². The lowest BCUT2D eigenvalue weighted by Crippen LogP contribution is -2.42. The van der Waals surface area contributed by atoms with E-state index >= 15 is 0 Å². The third-order valence-corrected chi connectivity index (χ3v) is 5.40. The van der Waals surface area contributed by atoms with E-state index < -0.39 is 0 Å². The molecule has 1 heterocycles. The molecule has 0 aliphatic heterocycles. The number of carbonyl (C=O) groups excluding carboxylic acids is 1. The lowest BCUT2D eigenvalue weighted by molar-refractivity contribution is 0.147. The number of hydrogen-bond acceptors (Lipinski definition) is 5. The SMILES string of the molecule is CCNC(=NCC(NC(=O)OCC)C1CC1)NCCc1nc(C)c(C)s1. The average molecular weight is 382 g/mol. The number of guanidine groups is 1. The summed E-state index contributed by atoms with van der Waals surface area (Å²) in [5, 5.41) is 10.7. The number of thiazole rings is 1. The summed E-state index contributed by atoms with van der Waals surface area (Å²) >= 11 is 1.75. The number of ether oxygens (including phenoxy) is 1. The summed E-state index contributed by atoms with van der Waals surface area (Å²) in [7, 11) is 0. The van der Waals surface area contributed by atoms with Crippen LogP contribution in [-0.2, 0) is 11.2 Å². The van der Waals surface area contributed by atoms with Gasteiger partial charge in [0.25, 0.3) is 0 Å². The first kappa shape index (κ1) is 20.5. The van der Waals surface area contributed by atoms with Gasteiger partial charge >= 0.3 is 6.09 Å². The standard InChI is InChI=1S/C18H31N5O2S/c1-5-19-17(20-10-9-16-22-12(3)13(4)26-16)21-11-15(14-7-8-14)23-18(24)25-6-2/h14-15H,5-11H2,1-4H3,(H,23,24)(H2,19,20,21). The van der Waals surface area contributed by atoms with Gasteiger partial charge in [0, 0.05) is 24.4 Å². The fourth-order valence-electron chi connectivity index (χ4n) is 2.60. The summed E-state index contributed by atoms with van der Waals surface area (Å²) in [4.78, 5) is 22.2. The third kappa shape index (κ3) is 6.82. The second-order valence-electron chi connectivity index (χ2n) is 6.45. The molecule has 1 unspecified atom stereocenters. The lowest BCUT2D eigenvalue weighted by atomic mass is 10.2. The second kappa shape index (κ2) is 10.4. The van der Waals surface area contributed by atoms with Crippen molar-refractivity contribution < 1.29 is 9.53 Å². The molecule has 1 aliphatic rings. The maximum atomic E-state index is 11.7. The Morgan fingerprint density at radius 1 is 1.35 bits per heavy atom. The van der Waals surface area contributed by atoms with Crippen molar-refractivity contribution in [2.24, 2.45) is 10.9 Å². The molecule has 7 nitrogen and oxygen atoms in total. The molecule has 0 aromatic carbocycles. The van der Waals surface area contributed by atoms with Crippen LogP contribution in [0.25, 0.3) is 0 Å². The number of nitrogens with one attached hydrogen (secondary N) is 3. The molecule has 2 rings (SSSR count). The highest BCUT2D eigenvalue weighted by molar-refractivity contribution is 7.11. The fourth-order valence-corrected chi connectivity index (χ4v) is 3.53. The van der Waals surface area contributed by atoms with Gasteiger partial charge in [0.1, 0.15) is 0 Å². The van der Waals surface area contributed by atoms with E-state index in [1.54, 1.807) is 11.3 Å². The summed E-state index contributed by atoms with van der Waals surface area (Å²) in [6.45, 7) is 10.5. The van der Waals surface area contributed by atoms with Crippen molar-refractivity contribution in [2.45, 2.75) is 53.0 Å². The average Bonchev–Trinajstić information content (AvgIpc) is 3.38. The summed E-state index contributed by atoms with van der Waals surface area (Å²) in [6.07, 6.45) is 2.79. The van der Waals surface area contributed by atoms with Crippen molar-refractivity contribution in [3.8, 4) is 0 Å². The van der Waals surface area contributed by atoms with Crippen molar-refractivity contribution in [3.05, 3.63) is 15.6 Å². The summed E-state index contributed by atoms with van der Waals surface area (Å²) in [6, 6.07) is 0.0359. The van der Waals surface area contributed by atoms with Gasteiger partial charge in [-0.1, -0.05) is 0 Å². The number of aliphatic imine (C=N–C) groups is 1. The maximum Gasteiger partial charge on any atom is 0.407 e. The highest BCUT2D eigenvalue weighted by Gasteiger charge is 2.32. The van der Waals surface area contributed by atoms with Gasteiger partial charge in [-0.25, -0.2) is 9.78 Å². The van der Waals surface area contributed by atoms with Crippen LogP contribution in [0.4, 0.5) is 4.79 Å². The van der Waals surface area contributed by atoms with Crippen LogP contribution in [0.1, 0.15) is 42.3 Å². The number of hydrogen-bond donors (Lipinski definition) is 3. The monoisotopic (exact) mass is 381 g/mol. The van der Waals surface area contributed by atoms with E-state index in [9.17, 15) is 4.79 Å². The van der Waals surface area contributed by atoms with Gasteiger partial charge in [-0.3, -0.25) is 4.99 Å². The van der Waals surface area contributed by atoms with Crippen molar-refractivity contribution in [1.82, 2.24) is 20.9 Å². The van der Waals surface area contributed by atoms with E-state index in [1.165, 1.54) is 4.88 Å². The van der Waals surface area contributed by atoms with E-state index in [-0.39, 0.29) is 12.1 Å². The number of rotatable bonds is 9. The molecular weight excluding hydrogens is 350 g/mol. The highest BCUT2D eigenvalue weighted by Crippen LogP contribution is 2.32. The zero-order valence-electron chi connectivity index (χ0n) is 16.2. The van der Waals surface area contributed by atoms with Crippen LogP contribution >= 0.6 is 11.3 Å². The van der Waals surface area contributed by atoms with Crippen molar-refractivity contribution in [3.63, 3.8) is 0 Å². The van der Waals surface area contributed by atoms with E-state index in [2.05, 4.69) is 32.9 Å². The fraction of sp³-hybridized carbons (Fsp3) is 0.722. The minimum Gasteiger partial charge on any atom is -0.450 e. The molecule has 0 radical (unpaired) electrons. The Hall–Kier alpha value is -1.83. The maximum absolute atomic E-state index is 11.7. The molecule has 1 aliphatic carbocycles. The van der Waals surface area contributed by atoms with Crippen LogP contribution in [0.2, 0.25) is 0 Å². The normalized spacial score (nSPS) is 15.5. The minimum absolute atomic E-state index is 0.0359. The van der Waals surface area contributed by atoms with Crippen LogP contribution in [0.5, 0.6) is 0 Å². The predicted molar refractivity (Wildman–Crippen MR) is 106 cm³/mol. The summed E-state index contributed by atoms with van der Waals surface area (Å²) < 4.78 is 4.99. The first-order valence-corrected chi connectivity index (χ1v) is 10.2. The van der Waals surface area contributed by atoms with E-state index in [0.29, 0.717) is 19.1 Å².